The second-order valence-corrected chi connectivity index (χ2v) is 2.91. The molecule has 1 aromatic rings. The number of carboxylic acid groups (broad SMARTS) is 1. The van der Waals surface area contributed by atoms with E-state index in [9.17, 15) is 13.6 Å². The molecule has 0 saturated carbocycles. The van der Waals surface area contributed by atoms with Crippen molar-refractivity contribution in [3.8, 4) is 11.8 Å². The lowest BCUT2D eigenvalue weighted by Crippen LogP contribution is -2.10. The molecule has 1 rings (SSSR count). The quantitative estimate of drug-likeness (QED) is 0.858. The molecule has 0 aliphatic rings. The Morgan fingerprint density at radius 3 is 2.62 bits per heavy atom. The van der Waals surface area contributed by atoms with Crippen LogP contribution in [-0.4, -0.2) is 17.7 Å². The molecule has 0 aromatic heterocycles. The van der Waals surface area contributed by atoms with Crippen molar-refractivity contribution in [1.29, 1.82) is 5.26 Å². The molecule has 1 aromatic carbocycles. The van der Waals surface area contributed by atoms with E-state index in [1.54, 1.807) is 6.07 Å². The van der Waals surface area contributed by atoms with Gasteiger partial charge in [0.1, 0.15) is 11.3 Å². The molecule has 0 fully saturated rings. The van der Waals surface area contributed by atoms with Crippen molar-refractivity contribution in [2.75, 3.05) is 0 Å². The molecule has 1 N–H and O–H groups in total. The Morgan fingerprint density at radius 2 is 2.19 bits per heavy atom. The molecule has 6 heteroatoms. The highest BCUT2D eigenvalue weighted by molar-refractivity contribution is 5.93. The van der Waals surface area contributed by atoms with Crippen molar-refractivity contribution in [3.63, 3.8) is 0 Å². The first-order chi connectivity index (χ1) is 7.47. The van der Waals surface area contributed by atoms with Crippen LogP contribution in [0.5, 0.6) is 5.75 Å². The number of hydrogen-bond acceptors (Lipinski definition) is 3. The van der Waals surface area contributed by atoms with E-state index in [2.05, 4.69) is 4.74 Å². The molecule has 0 spiro atoms. The van der Waals surface area contributed by atoms with Crippen molar-refractivity contribution >= 4 is 5.97 Å². The lowest BCUT2D eigenvalue weighted by molar-refractivity contribution is -0.0503. The van der Waals surface area contributed by atoms with Gasteiger partial charge in [-0.25, -0.2) is 4.79 Å². The molecule has 0 heterocycles. The van der Waals surface area contributed by atoms with E-state index in [0.717, 1.165) is 6.07 Å². The fraction of sp³-hybridized carbons (Fsp3) is 0.200. The number of rotatable bonds is 3. The number of hydrogen-bond donors (Lipinski definition) is 1. The molecule has 16 heavy (non-hydrogen) atoms. The summed E-state index contributed by atoms with van der Waals surface area (Å²) in [5, 5.41) is 17.5. The van der Waals surface area contributed by atoms with E-state index >= 15 is 0 Å². The predicted molar refractivity (Wildman–Crippen MR) is 49.5 cm³/mol. The minimum Gasteiger partial charge on any atom is -0.478 e. The molecule has 0 aliphatic carbocycles. The van der Waals surface area contributed by atoms with Crippen molar-refractivity contribution in [2.45, 2.75) is 13.5 Å². The number of aromatic carboxylic acids is 1. The van der Waals surface area contributed by atoms with E-state index in [1.165, 1.54) is 13.0 Å². The van der Waals surface area contributed by atoms with Gasteiger partial charge in [-0.2, -0.15) is 14.0 Å². The fourth-order valence-electron chi connectivity index (χ4n) is 1.27. The Balaban J connectivity index is 3.36. The minimum atomic E-state index is -3.11. The number of carbonyl (C=O) groups is 1. The number of alkyl halides is 2. The van der Waals surface area contributed by atoms with Crippen LogP contribution in [0.15, 0.2) is 12.1 Å². The number of halogens is 2. The van der Waals surface area contributed by atoms with E-state index in [1.807, 2.05) is 0 Å². The lowest BCUT2D eigenvalue weighted by Gasteiger charge is -2.10. The van der Waals surface area contributed by atoms with Crippen LogP contribution in [0.3, 0.4) is 0 Å². The molecule has 0 amide bonds. The summed E-state index contributed by atoms with van der Waals surface area (Å²) < 4.78 is 28.1. The second kappa shape index (κ2) is 4.57. The summed E-state index contributed by atoms with van der Waals surface area (Å²) in [4.78, 5) is 10.9. The summed E-state index contributed by atoms with van der Waals surface area (Å²) in [5.41, 5.74) is -0.202. The third-order valence-electron chi connectivity index (χ3n) is 1.98. The molecule has 0 atom stereocenters. The third-order valence-corrected chi connectivity index (χ3v) is 1.98. The van der Waals surface area contributed by atoms with Gasteiger partial charge in [-0.3, -0.25) is 0 Å². The number of ether oxygens (including phenoxy) is 1. The van der Waals surface area contributed by atoms with E-state index in [4.69, 9.17) is 10.4 Å². The van der Waals surface area contributed by atoms with Gasteiger partial charge in [0.2, 0.25) is 0 Å². The van der Waals surface area contributed by atoms with Gasteiger partial charge < -0.3 is 9.84 Å². The third kappa shape index (κ3) is 2.25. The zero-order valence-electron chi connectivity index (χ0n) is 8.20. The Bertz CT molecular complexity index is 466. The minimum absolute atomic E-state index is 0.105. The number of nitrogens with zero attached hydrogens (tertiary/aromatic N) is 1. The van der Waals surface area contributed by atoms with Crippen LogP contribution in [0.25, 0.3) is 0 Å². The van der Waals surface area contributed by atoms with Gasteiger partial charge in [0.05, 0.1) is 11.6 Å². The highest BCUT2D eigenvalue weighted by Crippen LogP contribution is 2.26. The number of nitriles is 1. The zero-order chi connectivity index (χ0) is 12.3. The fourth-order valence-corrected chi connectivity index (χ4v) is 1.27. The van der Waals surface area contributed by atoms with Crippen LogP contribution < -0.4 is 4.74 Å². The average Bonchev–Trinajstić information content (AvgIpc) is 2.16. The van der Waals surface area contributed by atoms with Crippen LogP contribution in [0.2, 0.25) is 0 Å². The van der Waals surface area contributed by atoms with Crippen molar-refractivity contribution < 1.29 is 23.4 Å². The van der Waals surface area contributed by atoms with Crippen molar-refractivity contribution in [2.24, 2.45) is 0 Å². The summed E-state index contributed by atoms with van der Waals surface area (Å²) in [7, 11) is 0. The first-order valence-electron chi connectivity index (χ1n) is 4.19. The van der Waals surface area contributed by atoms with Gasteiger partial charge in [-0.05, 0) is 24.6 Å². The highest BCUT2D eigenvalue weighted by atomic mass is 19.3. The maximum absolute atomic E-state index is 12.0. The van der Waals surface area contributed by atoms with Crippen molar-refractivity contribution in [1.82, 2.24) is 0 Å². The van der Waals surface area contributed by atoms with Crippen LogP contribution in [-0.2, 0) is 0 Å². The smallest absolute Gasteiger partial charge is 0.387 e. The largest absolute Gasteiger partial charge is 0.478 e. The van der Waals surface area contributed by atoms with Gasteiger partial charge in [0.15, 0.2) is 0 Å². The van der Waals surface area contributed by atoms with Crippen LogP contribution >= 0.6 is 0 Å². The normalized spacial score (nSPS) is 9.94. The highest BCUT2D eigenvalue weighted by Gasteiger charge is 2.19. The molecule has 0 bridgehead atoms. The summed E-state index contributed by atoms with van der Waals surface area (Å²) in [6.07, 6.45) is 0. The van der Waals surface area contributed by atoms with Crippen LogP contribution in [0, 0.1) is 18.3 Å². The van der Waals surface area contributed by atoms with Crippen LogP contribution in [0.1, 0.15) is 21.5 Å². The van der Waals surface area contributed by atoms with Gasteiger partial charge in [0, 0.05) is 0 Å². The maximum Gasteiger partial charge on any atom is 0.387 e. The standard InChI is InChI=1S/C10H7F2NO3/c1-5-6(4-13)2-3-7(16-10(11)12)8(5)9(14)15/h2-3,10H,1H3,(H,14,15). The Hall–Kier alpha value is -2.16. The number of benzene rings is 1. The molecule has 4 nitrogen and oxygen atoms in total. The van der Waals surface area contributed by atoms with E-state index in [0.29, 0.717) is 0 Å². The molecule has 84 valence electrons. The SMILES string of the molecule is Cc1c(C#N)ccc(OC(F)F)c1C(=O)O. The average molecular weight is 227 g/mol. The molecular formula is C10H7F2NO3. The van der Waals surface area contributed by atoms with Crippen LogP contribution in [0.4, 0.5) is 8.78 Å². The summed E-state index contributed by atoms with van der Waals surface area (Å²) in [5.74, 6) is -1.86. The molecule has 0 saturated heterocycles. The van der Waals surface area contributed by atoms with E-state index < -0.39 is 23.9 Å². The van der Waals surface area contributed by atoms with Crippen molar-refractivity contribution in [3.05, 3.63) is 28.8 Å². The summed E-state index contributed by atoms with van der Waals surface area (Å²) in [6, 6.07) is 4.04. The molecule has 0 unspecified atom stereocenters. The van der Waals surface area contributed by atoms with Gasteiger partial charge >= 0.3 is 12.6 Å². The lowest BCUT2D eigenvalue weighted by atomic mass is 10.0. The van der Waals surface area contributed by atoms with Gasteiger partial charge in [-0.1, -0.05) is 0 Å². The number of carboxylic acids is 1. The molecule has 0 radical (unpaired) electrons. The molecular weight excluding hydrogens is 220 g/mol. The Labute approximate surface area is 89.7 Å². The van der Waals surface area contributed by atoms with Gasteiger partial charge in [-0.15, -0.1) is 0 Å². The first-order valence-corrected chi connectivity index (χ1v) is 4.19. The Kier molecular flexibility index (Phi) is 3.40. The second-order valence-electron chi connectivity index (χ2n) is 2.91. The maximum atomic E-state index is 12.0. The molecule has 0 aliphatic heterocycles. The predicted octanol–water partition coefficient (Wildman–Crippen LogP) is 2.17. The summed E-state index contributed by atoms with van der Waals surface area (Å²) in [6.45, 7) is -1.74. The summed E-state index contributed by atoms with van der Waals surface area (Å²) >= 11 is 0. The zero-order valence-corrected chi connectivity index (χ0v) is 8.20. The Morgan fingerprint density at radius 1 is 1.56 bits per heavy atom. The first kappa shape index (κ1) is 11.9. The van der Waals surface area contributed by atoms with E-state index in [-0.39, 0.29) is 11.1 Å². The monoisotopic (exact) mass is 227 g/mol. The van der Waals surface area contributed by atoms with Gasteiger partial charge in [0.25, 0.3) is 0 Å². The topological polar surface area (TPSA) is 70.3 Å².